The predicted octanol–water partition coefficient (Wildman–Crippen LogP) is 1.02. The first kappa shape index (κ1) is 16.3. The van der Waals surface area contributed by atoms with Crippen LogP contribution in [0.2, 0.25) is 0 Å². The molecule has 24 heavy (non-hydrogen) atoms. The van der Waals surface area contributed by atoms with Crippen molar-refractivity contribution in [2.75, 3.05) is 39.0 Å². The maximum Gasteiger partial charge on any atom is 0.233 e. The van der Waals surface area contributed by atoms with Crippen molar-refractivity contribution in [3.8, 4) is 0 Å². The quantitative estimate of drug-likeness (QED) is 0.653. The molecule has 1 aliphatic heterocycles. The summed E-state index contributed by atoms with van der Waals surface area (Å²) in [6.45, 7) is 3.84. The van der Waals surface area contributed by atoms with Gasteiger partial charge in [0.2, 0.25) is 5.91 Å². The Balaban J connectivity index is 1.50. The number of fused-ring (bicyclic) bond motifs is 3. The second-order valence-electron chi connectivity index (χ2n) is 6.70. The van der Waals surface area contributed by atoms with Gasteiger partial charge in [0.15, 0.2) is 0 Å². The van der Waals surface area contributed by atoms with Gasteiger partial charge in [0.05, 0.1) is 39.0 Å². The van der Waals surface area contributed by atoms with Gasteiger partial charge in [-0.15, -0.1) is 11.3 Å². The van der Waals surface area contributed by atoms with Crippen molar-refractivity contribution in [1.29, 1.82) is 0 Å². The van der Waals surface area contributed by atoms with E-state index in [1.807, 2.05) is 16.2 Å². The number of nitrogens with one attached hydrogen (secondary N) is 1. The minimum atomic E-state index is 0.239. The van der Waals surface area contributed by atoms with E-state index in [0.29, 0.717) is 5.75 Å². The van der Waals surface area contributed by atoms with Crippen molar-refractivity contribution >= 4 is 39.2 Å². The van der Waals surface area contributed by atoms with Crippen molar-refractivity contribution in [1.82, 2.24) is 14.9 Å². The lowest BCUT2D eigenvalue weighted by atomic mass is 9.97. The van der Waals surface area contributed by atoms with E-state index in [9.17, 15) is 4.79 Å². The molecule has 1 fully saturated rings. The molecule has 1 aliphatic carbocycles. The van der Waals surface area contributed by atoms with Gasteiger partial charge in [-0.1, -0.05) is 11.8 Å². The maximum absolute atomic E-state index is 12.5. The number of likely N-dealkylation sites (N-methyl/N-ethyl adjacent to an activating group) is 1. The molecule has 0 unspecified atom stereocenters. The fraction of sp³-hybridized carbons (Fsp3) is 0.588. The number of rotatable bonds is 3. The van der Waals surface area contributed by atoms with E-state index in [2.05, 4.69) is 17.0 Å². The standard InChI is InChI=1S/C17H22N4OS2/c1-20-6-8-21(9-7-20)14(22)10-23-16-15-12-4-2-3-5-13(12)24-17(15)19-11-18-16/h11H,2-10H2,1H3/p+1. The Labute approximate surface area is 150 Å². The number of thiophene rings is 1. The molecule has 1 amide bonds. The van der Waals surface area contributed by atoms with Crippen LogP contribution >= 0.6 is 23.1 Å². The van der Waals surface area contributed by atoms with E-state index >= 15 is 0 Å². The molecule has 5 nitrogen and oxygen atoms in total. The summed E-state index contributed by atoms with van der Waals surface area (Å²) in [4.78, 5) is 27.5. The van der Waals surface area contributed by atoms with E-state index in [4.69, 9.17) is 0 Å². The average molecular weight is 364 g/mol. The summed E-state index contributed by atoms with van der Waals surface area (Å²) in [6, 6.07) is 0. The lowest BCUT2D eigenvalue weighted by Crippen LogP contribution is -3.12. The molecule has 128 valence electrons. The Bertz CT molecular complexity index is 752. The van der Waals surface area contributed by atoms with Crippen molar-refractivity contribution in [2.24, 2.45) is 0 Å². The van der Waals surface area contributed by atoms with E-state index in [1.165, 1.54) is 40.0 Å². The first-order chi connectivity index (χ1) is 11.7. The first-order valence-corrected chi connectivity index (χ1v) is 10.5. The Morgan fingerprint density at radius 2 is 2.08 bits per heavy atom. The number of carbonyl (C=O) groups excluding carboxylic acids is 1. The van der Waals surface area contributed by atoms with Gasteiger partial charge in [0.25, 0.3) is 0 Å². The summed E-state index contributed by atoms with van der Waals surface area (Å²) in [5.74, 6) is 0.721. The summed E-state index contributed by atoms with van der Waals surface area (Å²) in [5, 5.41) is 2.21. The molecule has 1 N–H and O–H groups in total. The number of aromatic nitrogens is 2. The lowest BCUT2D eigenvalue weighted by Gasteiger charge is -2.30. The number of carbonyl (C=O) groups is 1. The summed E-state index contributed by atoms with van der Waals surface area (Å²) in [6.07, 6.45) is 6.48. The normalized spacial score (nSPS) is 18.8. The minimum Gasteiger partial charge on any atom is -0.334 e. The van der Waals surface area contributed by atoms with Crippen LogP contribution in [0.25, 0.3) is 10.2 Å². The highest BCUT2D eigenvalue weighted by Gasteiger charge is 2.23. The highest BCUT2D eigenvalue weighted by molar-refractivity contribution is 8.00. The minimum absolute atomic E-state index is 0.239. The molecule has 3 heterocycles. The van der Waals surface area contributed by atoms with Gasteiger partial charge >= 0.3 is 0 Å². The number of hydrogen-bond acceptors (Lipinski definition) is 5. The molecule has 2 aromatic rings. The Kier molecular flexibility index (Phi) is 4.74. The van der Waals surface area contributed by atoms with Gasteiger partial charge in [-0.25, -0.2) is 9.97 Å². The summed E-state index contributed by atoms with van der Waals surface area (Å²) in [5.41, 5.74) is 1.44. The largest absolute Gasteiger partial charge is 0.334 e. The van der Waals surface area contributed by atoms with Crippen molar-refractivity contribution in [3.63, 3.8) is 0 Å². The summed E-state index contributed by atoms with van der Waals surface area (Å²) < 4.78 is 0. The van der Waals surface area contributed by atoms with Crippen molar-refractivity contribution < 1.29 is 9.69 Å². The van der Waals surface area contributed by atoms with Crippen LogP contribution in [-0.2, 0) is 17.6 Å². The summed E-state index contributed by atoms with van der Waals surface area (Å²) >= 11 is 3.40. The molecule has 2 aliphatic rings. The average Bonchev–Trinajstić information content (AvgIpc) is 2.99. The van der Waals surface area contributed by atoms with Crippen LogP contribution in [0, 0.1) is 0 Å². The monoisotopic (exact) mass is 363 g/mol. The number of quaternary nitrogens is 1. The fourth-order valence-electron chi connectivity index (χ4n) is 3.53. The van der Waals surface area contributed by atoms with E-state index in [1.54, 1.807) is 18.1 Å². The Morgan fingerprint density at radius 3 is 2.92 bits per heavy atom. The van der Waals surface area contributed by atoms with Crippen LogP contribution in [-0.4, -0.2) is 59.8 Å². The highest BCUT2D eigenvalue weighted by atomic mass is 32.2. The van der Waals surface area contributed by atoms with E-state index < -0.39 is 0 Å². The van der Waals surface area contributed by atoms with Gasteiger partial charge in [0, 0.05) is 10.3 Å². The van der Waals surface area contributed by atoms with Gasteiger partial charge in [0.1, 0.15) is 16.2 Å². The number of aryl methyl sites for hydroxylation is 2. The van der Waals surface area contributed by atoms with Gasteiger partial charge in [-0.05, 0) is 31.2 Å². The van der Waals surface area contributed by atoms with Crippen LogP contribution in [0.5, 0.6) is 0 Å². The van der Waals surface area contributed by atoms with Crippen LogP contribution in [0.4, 0.5) is 0 Å². The van der Waals surface area contributed by atoms with Gasteiger partial charge < -0.3 is 9.80 Å². The second kappa shape index (κ2) is 6.98. The van der Waals surface area contributed by atoms with E-state index in [-0.39, 0.29) is 5.91 Å². The molecule has 2 aromatic heterocycles. The molecule has 0 radical (unpaired) electrons. The van der Waals surface area contributed by atoms with E-state index in [0.717, 1.165) is 42.5 Å². The first-order valence-electron chi connectivity index (χ1n) is 8.69. The maximum atomic E-state index is 12.5. The Hall–Kier alpha value is -1.18. The number of amides is 1. The summed E-state index contributed by atoms with van der Waals surface area (Å²) in [7, 11) is 2.19. The molecule has 0 saturated carbocycles. The molecule has 0 atom stereocenters. The van der Waals surface area contributed by atoms with Crippen LogP contribution in [0.15, 0.2) is 11.4 Å². The Morgan fingerprint density at radius 1 is 1.29 bits per heavy atom. The number of thioether (sulfide) groups is 1. The second-order valence-corrected chi connectivity index (χ2v) is 8.74. The van der Waals surface area contributed by atoms with Gasteiger partial charge in [-0.2, -0.15) is 0 Å². The number of piperazine rings is 1. The molecule has 7 heteroatoms. The molecule has 0 aromatic carbocycles. The predicted molar refractivity (Wildman–Crippen MR) is 98.0 cm³/mol. The number of nitrogens with zero attached hydrogens (tertiary/aromatic N) is 3. The molecule has 1 saturated heterocycles. The van der Waals surface area contributed by atoms with Crippen LogP contribution in [0.1, 0.15) is 23.3 Å². The highest BCUT2D eigenvalue weighted by Crippen LogP contribution is 2.39. The van der Waals surface area contributed by atoms with Crippen LogP contribution < -0.4 is 4.90 Å². The molecule has 4 rings (SSSR count). The number of hydrogen-bond donors (Lipinski definition) is 1. The SMILES string of the molecule is C[NH+]1CCN(C(=O)CSc2ncnc3sc4c(c23)CCCC4)CC1. The smallest absolute Gasteiger partial charge is 0.233 e. The zero-order valence-electron chi connectivity index (χ0n) is 14.0. The molecular weight excluding hydrogens is 340 g/mol. The van der Waals surface area contributed by atoms with Crippen LogP contribution in [0.3, 0.4) is 0 Å². The fourth-order valence-corrected chi connectivity index (χ4v) is 5.75. The van der Waals surface area contributed by atoms with Gasteiger partial charge in [-0.3, -0.25) is 4.79 Å². The third-order valence-electron chi connectivity index (χ3n) is 5.02. The third-order valence-corrected chi connectivity index (χ3v) is 7.19. The molecule has 0 spiro atoms. The lowest BCUT2D eigenvalue weighted by molar-refractivity contribution is -0.883. The molecule has 0 bridgehead atoms. The van der Waals surface area contributed by atoms with Crippen molar-refractivity contribution in [2.45, 2.75) is 30.7 Å². The third kappa shape index (κ3) is 3.17. The molecular formula is C17H23N4OS2+. The zero-order chi connectivity index (χ0) is 16.5. The topological polar surface area (TPSA) is 50.5 Å². The van der Waals surface area contributed by atoms with Crippen molar-refractivity contribution in [3.05, 3.63) is 16.8 Å². The zero-order valence-corrected chi connectivity index (χ0v) is 15.6.